The number of hydrogen-bond donors (Lipinski definition) is 1. The molecule has 0 spiro atoms. The minimum absolute atomic E-state index is 0.131. The van der Waals surface area contributed by atoms with Crippen LogP contribution in [0.5, 0.6) is 0 Å². The van der Waals surface area contributed by atoms with Crippen molar-refractivity contribution < 1.29 is 13.8 Å². The van der Waals surface area contributed by atoms with Gasteiger partial charge in [-0.2, -0.15) is 4.57 Å². The summed E-state index contributed by atoms with van der Waals surface area (Å²) in [7, 11) is 0. The Labute approximate surface area is 111 Å². The van der Waals surface area contributed by atoms with E-state index in [0.717, 1.165) is 11.1 Å². The molecule has 1 aromatic carbocycles. The zero-order valence-corrected chi connectivity index (χ0v) is 11.0. The summed E-state index contributed by atoms with van der Waals surface area (Å²) >= 11 is 0. The lowest BCUT2D eigenvalue weighted by Gasteiger charge is -2.10. The normalized spacial score (nSPS) is 10.3. The first-order valence-corrected chi connectivity index (χ1v) is 6.07. The molecule has 1 amide bonds. The van der Waals surface area contributed by atoms with Crippen LogP contribution in [0.25, 0.3) is 0 Å². The monoisotopic (exact) mass is 259 g/mol. The van der Waals surface area contributed by atoms with Gasteiger partial charge in [-0.05, 0) is 37.1 Å². The maximum absolute atomic E-state index is 13.2. The van der Waals surface area contributed by atoms with E-state index in [0.29, 0.717) is 5.69 Å². The Balaban J connectivity index is 2.12. The number of hydrogen-bond acceptors (Lipinski definition) is 1. The number of anilines is 1. The second kappa shape index (κ2) is 5.61. The molecule has 0 radical (unpaired) electrons. The fourth-order valence-corrected chi connectivity index (χ4v) is 1.99. The number of nitrogens with one attached hydrogen (secondary N) is 1. The Morgan fingerprint density at radius 2 is 1.74 bits per heavy atom. The summed E-state index contributed by atoms with van der Waals surface area (Å²) in [5.74, 6) is -0.417. The van der Waals surface area contributed by atoms with Crippen LogP contribution in [0.4, 0.5) is 10.1 Å². The second-order valence-electron chi connectivity index (χ2n) is 4.51. The van der Waals surface area contributed by atoms with Crippen LogP contribution in [0.3, 0.4) is 0 Å². The smallest absolute Gasteiger partial charge is 0.290 e. The number of pyridine rings is 1. The van der Waals surface area contributed by atoms with E-state index in [-0.39, 0.29) is 18.3 Å². The average molecular weight is 259 g/mol. The van der Waals surface area contributed by atoms with Crippen LogP contribution in [-0.2, 0) is 11.3 Å². The molecule has 98 valence electrons. The molecule has 0 fully saturated rings. The van der Waals surface area contributed by atoms with Crippen LogP contribution in [0.2, 0.25) is 0 Å². The topological polar surface area (TPSA) is 33.0 Å². The van der Waals surface area contributed by atoms with Gasteiger partial charge in [0.1, 0.15) is 5.82 Å². The Bertz CT molecular complexity index is 573. The minimum atomic E-state index is -0.287. The predicted molar refractivity (Wildman–Crippen MR) is 71.1 cm³/mol. The Hall–Kier alpha value is -2.23. The third-order valence-corrected chi connectivity index (χ3v) is 2.87. The molecule has 0 aliphatic carbocycles. The standard InChI is InChI=1S/C15H15FN2O/c1-11-8-13(16)9-12(2)15(11)17-14(19)10-18-6-4-3-5-7-18/h3-9H,10H2,1-2H3/p+1. The predicted octanol–water partition coefficient (Wildman–Crippen LogP) is 2.37. The molecule has 4 heteroatoms. The molecule has 1 aromatic heterocycles. The van der Waals surface area contributed by atoms with E-state index in [2.05, 4.69) is 5.32 Å². The van der Waals surface area contributed by atoms with Gasteiger partial charge in [-0.25, -0.2) is 4.39 Å². The van der Waals surface area contributed by atoms with E-state index >= 15 is 0 Å². The SMILES string of the molecule is Cc1cc(F)cc(C)c1NC(=O)C[n+]1ccccc1. The first-order valence-electron chi connectivity index (χ1n) is 6.07. The summed E-state index contributed by atoms with van der Waals surface area (Å²) < 4.78 is 15.0. The molecule has 0 saturated carbocycles. The van der Waals surface area contributed by atoms with Gasteiger partial charge in [0.25, 0.3) is 5.91 Å². The van der Waals surface area contributed by atoms with Crippen molar-refractivity contribution in [2.24, 2.45) is 0 Å². The lowest BCUT2D eigenvalue weighted by Crippen LogP contribution is -2.39. The third kappa shape index (κ3) is 3.37. The number of aromatic nitrogens is 1. The van der Waals surface area contributed by atoms with Crippen molar-refractivity contribution >= 4 is 11.6 Å². The van der Waals surface area contributed by atoms with Crippen LogP contribution in [0, 0.1) is 19.7 Å². The first-order chi connectivity index (χ1) is 9.06. The van der Waals surface area contributed by atoms with Gasteiger partial charge in [0.05, 0.1) is 0 Å². The highest BCUT2D eigenvalue weighted by molar-refractivity contribution is 5.91. The molecule has 2 aromatic rings. The zero-order chi connectivity index (χ0) is 13.8. The van der Waals surface area contributed by atoms with Gasteiger partial charge < -0.3 is 5.32 Å². The molecule has 2 rings (SSSR count). The van der Waals surface area contributed by atoms with E-state index in [1.165, 1.54) is 12.1 Å². The number of carbonyl (C=O) groups is 1. The fourth-order valence-electron chi connectivity index (χ4n) is 1.99. The summed E-state index contributed by atoms with van der Waals surface area (Å²) in [5.41, 5.74) is 2.13. The van der Waals surface area contributed by atoms with E-state index in [1.54, 1.807) is 18.4 Å². The quantitative estimate of drug-likeness (QED) is 0.843. The first kappa shape index (κ1) is 13.2. The van der Waals surface area contributed by atoms with Crippen LogP contribution < -0.4 is 9.88 Å². The van der Waals surface area contributed by atoms with Crippen LogP contribution in [0.15, 0.2) is 42.7 Å². The molecule has 0 unspecified atom stereocenters. The number of rotatable bonds is 3. The van der Waals surface area contributed by atoms with Crippen molar-refractivity contribution in [3.8, 4) is 0 Å². The molecule has 1 N–H and O–H groups in total. The summed E-state index contributed by atoms with van der Waals surface area (Å²) in [6, 6.07) is 8.45. The molecule has 1 heterocycles. The number of carbonyl (C=O) groups excluding carboxylic acids is 1. The summed E-state index contributed by atoms with van der Waals surface area (Å²) in [6.07, 6.45) is 3.65. The van der Waals surface area contributed by atoms with Crippen molar-refractivity contribution in [3.05, 3.63) is 59.7 Å². The number of benzene rings is 1. The van der Waals surface area contributed by atoms with E-state index in [4.69, 9.17) is 0 Å². The Kier molecular flexibility index (Phi) is 3.90. The molecular weight excluding hydrogens is 243 g/mol. The zero-order valence-electron chi connectivity index (χ0n) is 11.0. The molecular formula is C15H16FN2O+. The van der Waals surface area contributed by atoms with Gasteiger partial charge in [-0.1, -0.05) is 6.07 Å². The number of amides is 1. The second-order valence-corrected chi connectivity index (χ2v) is 4.51. The van der Waals surface area contributed by atoms with Gasteiger partial charge in [0, 0.05) is 17.8 Å². The highest BCUT2D eigenvalue weighted by atomic mass is 19.1. The van der Waals surface area contributed by atoms with Gasteiger partial charge in [-0.15, -0.1) is 0 Å². The fraction of sp³-hybridized carbons (Fsp3) is 0.200. The van der Waals surface area contributed by atoms with Crippen LogP contribution >= 0.6 is 0 Å². The lowest BCUT2D eigenvalue weighted by molar-refractivity contribution is -0.684. The largest absolute Gasteiger partial charge is 0.320 e. The molecule has 0 atom stereocenters. The number of aryl methyl sites for hydroxylation is 2. The average Bonchev–Trinajstić information content (AvgIpc) is 2.35. The lowest BCUT2D eigenvalue weighted by atomic mass is 10.1. The number of halogens is 1. The van der Waals surface area contributed by atoms with Gasteiger partial charge in [0.2, 0.25) is 6.54 Å². The Morgan fingerprint density at radius 1 is 1.16 bits per heavy atom. The van der Waals surface area contributed by atoms with E-state index in [1.807, 2.05) is 30.6 Å². The molecule has 3 nitrogen and oxygen atoms in total. The van der Waals surface area contributed by atoms with Crippen molar-refractivity contribution in [3.63, 3.8) is 0 Å². The van der Waals surface area contributed by atoms with E-state index in [9.17, 15) is 9.18 Å². The molecule has 0 aliphatic rings. The summed E-state index contributed by atoms with van der Waals surface area (Å²) in [6.45, 7) is 3.79. The maximum Gasteiger partial charge on any atom is 0.290 e. The Morgan fingerprint density at radius 3 is 2.32 bits per heavy atom. The summed E-state index contributed by atoms with van der Waals surface area (Å²) in [5, 5.41) is 2.83. The molecule has 0 bridgehead atoms. The molecule has 0 aliphatic heterocycles. The highest BCUT2D eigenvalue weighted by Crippen LogP contribution is 2.21. The van der Waals surface area contributed by atoms with Gasteiger partial charge in [0.15, 0.2) is 12.4 Å². The van der Waals surface area contributed by atoms with Gasteiger partial charge in [-0.3, -0.25) is 4.79 Å². The minimum Gasteiger partial charge on any atom is -0.320 e. The number of nitrogens with zero attached hydrogens (tertiary/aromatic N) is 1. The van der Waals surface area contributed by atoms with Crippen molar-refractivity contribution in [1.82, 2.24) is 0 Å². The van der Waals surface area contributed by atoms with Crippen LogP contribution in [-0.4, -0.2) is 5.91 Å². The van der Waals surface area contributed by atoms with Crippen molar-refractivity contribution in [2.75, 3.05) is 5.32 Å². The third-order valence-electron chi connectivity index (χ3n) is 2.87. The molecule has 0 saturated heterocycles. The van der Waals surface area contributed by atoms with Gasteiger partial charge >= 0.3 is 0 Å². The van der Waals surface area contributed by atoms with Crippen molar-refractivity contribution in [2.45, 2.75) is 20.4 Å². The van der Waals surface area contributed by atoms with Crippen LogP contribution in [0.1, 0.15) is 11.1 Å². The highest BCUT2D eigenvalue weighted by Gasteiger charge is 2.12. The van der Waals surface area contributed by atoms with E-state index < -0.39 is 0 Å². The van der Waals surface area contributed by atoms with Crippen molar-refractivity contribution in [1.29, 1.82) is 0 Å². The maximum atomic E-state index is 13.2. The molecule has 19 heavy (non-hydrogen) atoms. The summed E-state index contributed by atoms with van der Waals surface area (Å²) in [4.78, 5) is 11.9.